The molecule has 3 heterocycles. The zero-order chi connectivity index (χ0) is 26.8. The van der Waals surface area contributed by atoms with E-state index in [-0.39, 0.29) is 24.3 Å². The molecule has 1 spiro atoms. The van der Waals surface area contributed by atoms with Crippen molar-refractivity contribution in [1.82, 2.24) is 14.7 Å². The molecule has 0 radical (unpaired) electrons. The Bertz CT molecular complexity index is 1330. The molecule has 39 heavy (non-hydrogen) atoms. The van der Waals surface area contributed by atoms with E-state index in [4.69, 9.17) is 0 Å². The number of amides is 3. The minimum absolute atomic E-state index is 0.00165. The highest BCUT2D eigenvalue weighted by atomic mass is 16.2. The summed E-state index contributed by atoms with van der Waals surface area (Å²) in [5, 5.41) is 0. The Morgan fingerprint density at radius 2 is 1.28 bits per heavy atom. The first-order valence-corrected chi connectivity index (χ1v) is 13.9. The Kier molecular flexibility index (Phi) is 6.81. The highest BCUT2D eigenvalue weighted by Gasteiger charge is 2.54. The van der Waals surface area contributed by atoms with Crippen molar-refractivity contribution >= 4 is 23.4 Å². The second-order valence-corrected chi connectivity index (χ2v) is 10.8. The van der Waals surface area contributed by atoms with Crippen molar-refractivity contribution in [3.8, 4) is 11.1 Å². The van der Waals surface area contributed by atoms with Crippen LogP contribution in [0.15, 0.2) is 84.9 Å². The summed E-state index contributed by atoms with van der Waals surface area (Å²) in [6.45, 7) is 3.03. The summed E-state index contributed by atoms with van der Waals surface area (Å²) in [7, 11) is 0. The fourth-order valence-electron chi connectivity index (χ4n) is 6.25. The molecule has 0 atom stereocenters. The number of carbonyl (C=O) groups excluding carboxylic acids is 3. The summed E-state index contributed by atoms with van der Waals surface area (Å²) in [5.41, 5.74) is 3.06. The van der Waals surface area contributed by atoms with Gasteiger partial charge in [0.15, 0.2) is 0 Å². The number of benzene rings is 3. The van der Waals surface area contributed by atoms with Gasteiger partial charge in [-0.2, -0.15) is 0 Å². The Labute approximate surface area is 229 Å². The predicted octanol–water partition coefficient (Wildman–Crippen LogP) is 4.26. The summed E-state index contributed by atoms with van der Waals surface area (Å²) in [5.74, 6) is 0.0120. The molecule has 0 unspecified atom stereocenters. The molecule has 0 bridgehead atoms. The maximum atomic E-state index is 13.9. The molecular weight excluding hydrogens is 488 g/mol. The molecule has 7 nitrogen and oxygen atoms in total. The number of hydrogen-bond donors (Lipinski definition) is 0. The normalized spacial score (nSPS) is 18.7. The third-order valence-corrected chi connectivity index (χ3v) is 8.48. The van der Waals surface area contributed by atoms with E-state index in [0.29, 0.717) is 38.2 Å². The number of likely N-dealkylation sites (tertiary alicyclic amines) is 2. The van der Waals surface area contributed by atoms with E-state index in [2.05, 4.69) is 17.0 Å². The third kappa shape index (κ3) is 4.78. The summed E-state index contributed by atoms with van der Waals surface area (Å²) < 4.78 is 0. The number of hydrogen-bond acceptors (Lipinski definition) is 4. The lowest BCUT2D eigenvalue weighted by Crippen LogP contribution is -2.57. The molecule has 3 aromatic rings. The molecule has 6 rings (SSSR count). The van der Waals surface area contributed by atoms with E-state index in [1.807, 2.05) is 82.6 Å². The van der Waals surface area contributed by atoms with Gasteiger partial charge in [0, 0.05) is 37.4 Å². The van der Waals surface area contributed by atoms with Crippen LogP contribution in [-0.2, 0) is 9.59 Å². The van der Waals surface area contributed by atoms with Gasteiger partial charge in [-0.15, -0.1) is 0 Å². The van der Waals surface area contributed by atoms with Crippen LogP contribution in [0, 0.1) is 0 Å². The Balaban J connectivity index is 1.18. The first-order chi connectivity index (χ1) is 19.0. The molecule has 200 valence electrons. The van der Waals surface area contributed by atoms with E-state index in [9.17, 15) is 14.4 Å². The molecule has 0 saturated carbocycles. The number of nitrogens with zero attached hydrogens (tertiary/aromatic N) is 4. The van der Waals surface area contributed by atoms with Crippen LogP contribution in [0.2, 0.25) is 0 Å². The van der Waals surface area contributed by atoms with Gasteiger partial charge in [-0.25, -0.2) is 0 Å². The second kappa shape index (κ2) is 10.6. The topological polar surface area (TPSA) is 64.2 Å². The second-order valence-electron chi connectivity index (χ2n) is 10.8. The minimum atomic E-state index is -0.749. The summed E-state index contributed by atoms with van der Waals surface area (Å²) >= 11 is 0. The molecule has 3 aliphatic rings. The van der Waals surface area contributed by atoms with Crippen LogP contribution in [0.25, 0.3) is 11.1 Å². The number of carbonyl (C=O) groups is 3. The van der Waals surface area contributed by atoms with E-state index in [1.165, 1.54) is 0 Å². The van der Waals surface area contributed by atoms with Crippen LogP contribution in [0.4, 0.5) is 5.69 Å². The first kappa shape index (κ1) is 25.2. The quantitative estimate of drug-likeness (QED) is 0.503. The smallest absolute Gasteiger partial charge is 0.253 e. The van der Waals surface area contributed by atoms with Gasteiger partial charge in [0.05, 0.1) is 6.67 Å². The Hall–Kier alpha value is -4.13. The molecule has 3 fully saturated rings. The van der Waals surface area contributed by atoms with Crippen molar-refractivity contribution in [1.29, 1.82) is 0 Å². The summed E-state index contributed by atoms with van der Waals surface area (Å²) in [6.07, 6.45) is 3.11. The largest absolute Gasteiger partial charge is 0.341 e. The van der Waals surface area contributed by atoms with Gasteiger partial charge in [-0.1, -0.05) is 60.7 Å². The van der Waals surface area contributed by atoms with Crippen LogP contribution in [0.3, 0.4) is 0 Å². The molecular formula is C32H34N4O3. The molecule has 0 aliphatic carbocycles. The average molecular weight is 523 g/mol. The molecule has 3 amide bonds. The highest BCUT2D eigenvalue weighted by molar-refractivity contribution is 5.98. The lowest BCUT2D eigenvalue weighted by Gasteiger charge is -2.43. The van der Waals surface area contributed by atoms with Crippen LogP contribution in [0.1, 0.15) is 36.0 Å². The lowest BCUT2D eigenvalue weighted by molar-refractivity contribution is -0.140. The van der Waals surface area contributed by atoms with Gasteiger partial charge < -0.3 is 19.6 Å². The summed E-state index contributed by atoms with van der Waals surface area (Å²) in [6, 6.07) is 27.8. The highest BCUT2D eigenvalue weighted by Crippen LogP contribution is 2.40. The average Bonchev–Trinajstić information content (AvgIpc) is 3.63. The monoisotopic (exact) mass is 522 g/mol. The van der Waals surface area contributed by atoms with Crippen LogP contribution in [-0.4, -0.2) is 77.4 Å². The van der Waals surface area contributed by atoms with Gasteiger partial charge in [0.1, 0.15) is 12.1 Å². The van der Waals surface area contributed by atoms with Gasteiger partial charge in [0.25, 0.3) is 11.8 Å². The van der Waals surface area contributed by atoms with Gasteiger partial charge in [-0.3, -0.25) is 14.4 Å². The number of piperidine rings is 1. The summed E-state index contributed by atoms with van der Waals surface area (Å²) in [4.78, 5) is 47.9. The van der Waals surface area contributed by atoms with Crippen molar-refractivity contribution in [2.75, 3.05) is 44.3 Å². The zero-order valence-corrected chi connectivity index (χ0v) is 22.2. The van der Waals surface area contributed by atoms with Crippen molar-refractivity contribution in [2.24, 2.45) is 0 Å². The van der Waals surface area contributed by atoms with Crippen molar-refractivity contribution in [3.05, 3.63) is 90.5 Å². The van der Waals surface area contributed by atoms with Crippen LogP contribution >= 0.6 is 0 Å². The Morgan fingerprint density at radius 1 is 0.692 bits per heavy atom. The predicted molar refractivity (Wildman–Crippen MR) is 151 cm³/mol. The molecule has 3 aromatic carbocycles. The van der Waals surface area contributed by atoms with E-state index in [0.717, 1.165) is 42.7 Å². The fourth-order valence-corrected chi connectivity index (χ4v) is 6.25. The van der Waals surface area contributed by atoms with Gasteiger partial charge >= 0.3 is 0 Å². The number of rotatable bonds is 5. The SMILES string of the molecule is O=C(CN1CN(c2ccccc2)C2(CCN(C(=O)c3ccc(-c4ccccc4)cc3)CC2)C1=O)N1CCCC1. The number of anilines is 1. The van der Waals surface area contributed by atoms with Gasteiger partial charge in [0.2, 0.25) is 5.91 Å². The van der Waals surface area contributed by atoms with E-state index < -0.39 is 5.54 Å². The molecule has 0 aromatic heterocycles. The van der Waals surface area contributed by atoms with Crippen molar-refractivity contribution < 1.29 is 14.4 Å². The lowest BCUT2D eigenvalue weighted by atomic mass is 9.85. The number of para-hydroxylation sites is 1. The fraction of sp³-hybridized carbons (Fsp3) is 0.344. The van der Waals surface area contributed by atoms with Crippen molar-refractivity contribution in [2.45, 2.75) is 31.2 Å². The van der Waals surface area contributed by atoms with E-state index in [1.54, 1.807) is 4.90 Å². The first-order valence-electron chi connectivity index (χ1n) is 13.9. The standard InChI is InChI=1S/C32H34N4O3/c37-29(33-19-7-8-20-33)23-35-24-36(28-11-5-2-6-12-28)32(31(35)39)17-21-34(22-18-32)30(38)27-15-13-26(14-16-27)25-9-3-1-4-10-25/h1-6,9-16H,7-8,17-24H2. The molecule has 0 N–H and O–H groups in total. The Morgan fingerprint density at radius 3 is 1.92 bits per heavy atom. The zero-order valence-electron chi connectivity index (χ0n) is 22.2. The van der Waals surface area contributed by atoms with E-state index >= 15 is 0 Å². The van der Waals surface area contributed by atoms with Gasteiger partial charge in [-0.05, 0) is 61.1 Å². The van der Waals surface area contributed by atoms with Crippen molar-refractivity contribution in [3.63, 3.8) is 0 Å². The minimum Gasteiger partial charge on any atom is -0.341 e. The van der Waals surface area contributed by atoms with Crippen LogP contribution < -0.4 is 4.90 Å². The molecule has 3 saturated heterocycles. The molecule has 3 aliphatic heterocycles. The maximum absolute atomic E-state index is 13.9. The molecule has 7 heteroatoms. The third-order valence-electron chi connectivity index (χ3n) is 8.48. The maximum Gasteiger partial charge on any atom is 0.253 e. The van der Waals surface area contributed by atoms with Crippen LogP contribution in [0.5, 0.6) is 0 Å².